The molecule has 0 atom stereocenters. The van der Waals surface area contributed by atoms with E-state index in [2.05, 4.69) is 10.3 Å². The Bertz CT molecular complexity index is 692. The molecule has 21 heavy (non-hydrogen) atoms. The minimum Gasteiger partial charge on any atom is -0.350 e. The van der Waals surface area contributed by atoms with Crippen LogP contribution in [-0.4, -0.2) is 36.7 Å². The molecule has 0 radical (unpaired) electrons. The molecule has 0 fully saturated rings. The fourth-order valence-electron chi connectivity index (χ4n) is 1.87. The number of imidazole rings is 1. The third kappa shape index (κ3) is 5.03. The van der Waals surface area contributed by atoms with Gasteiger partial charge < -0.3 is 9.88 Å². The highest BCUT2D eigenvalue weighted by Gasteiger charge is 2.07. The van der Waals surface area contributed by atoms with E-state index in [-0.39, 0.29) is 11.7 Å². The van der Waals surface area contributed by atoms with E-state index >= 15 is 0 Å². The highest BCUT2D eigenvalue weighted by molar-refractivity contribution is 7.89. The van der Waals surface area contributed by atoms with Gasteiger partial charge in [0.15, 0.2) is 9.84 Å². The van der Waals surface area contributed by atoms with Crippen molar-refractivity contribution in [3.05, 3.63) is 54.1 Å². The number of carbonyl (C=O) groups is 1. The molecular weight excluding hydrogens is 290 g/mol. The number of hydrogen-bond acceptors (Lipinski definition) is 4. The number of benzene rings is 1. The molecule has 1 amide bonds. The molecule has 0 aliphatic rings. The van der Waals surface area contributed by atoms with Gasteiger partial charge in [0.1, 0.15) is 0 Å². The highest BCUT2D eigenvalue weighted by Crippen LogP contribution is 2.07. The average Bonchev–Trinajstić information content (AvgIpc) is 2.91. The third-order valence-corrected chi connectivity index (χ3v) is 3.72. The molecular formula is C14H17N3O3S. The Morgan fingerprint density at radius 2 is 2.00 bits per heavy atom. The summed E-state index contributed by atoms with van der Waals surface area (Å²) in [4.78, 5) is 15.8. The maximum atomic E-state index is 11.9. The monoisotopic (exact) mass is 307 g/mol. The Morgan fingerprint density at radius 3 is 2.57 bits per heavy atom. The van der Waals surface area contributed by atoms with E-state index < -0.39 is 9.84 Å². The maximum absolute atomic E-state index is 11.9. The SMILES string of the molecule is CS(=O)(=O)Cc1ccc(C(=O)NCCn2ccnc2)cc1. The van der Waals surface area contributed by atoms with Crippen molar-refractivity contribution in [3.8, 4) is 0 Å². The number of carbonyl (C=O) groups excluding carboxylic acids is 1. The van der Waals surface area contributed by atoms with Crippen molar-refractivity contribution < 1.29 is 13.2 Å². The third-order valence-electron chi connectivity index (χ3n) is 2.86. The van der Waals surface area contributed by atoms with Gasteiger partial charge in [-0.15, -0.1) is 0 Å². The number of sulfone groups is 1. The molecule has 0 aliphatic heterocycles. The van der Waals surface area contributed by atoms with Crippen molar-refractivity contribution in [1.29, 1.82) is 0 Å². The number of hydrogen-bond donors (Lipinski definition) is 1. The summed E-state index contributed by atoms with van der Waals surface area (Å²) in [5, 5.41) is 2.80. The summed E-state index contributed by atoms with van der Waals surface area (Å²) >= 11 is 0. The second-order valence-electron chi connectivity index (χ2n) is 4.82. The molecule has 0 saturated heterocycles. The van der Waals surface area contributed by atoms with Gasteiger partial charge in [-0.25, -0.2) is 13.4 Å². The van der Waals surface area contributed by atoms with Crippen molar-refractivity contribution >= 4 is 15.7 Å². The highest BCUT2D eigenvalue weighted by atomic mass is 32.2. The zero-order valence-corrected chi connectivity index (χ0v) is 12.5. The van der Waals surface area contributed by atoms with Crippen LogP contribution in [0.3, 0.4) is 0 Å². The Labute approximate surface area is 123 Å². The van der Waals surface area contributed by atoms with Crippen LogP contribution in [0.5, 0.6) is 0 Å². The molecule has 2 aromatic rings. The summed E-state index contributed by atoms with van der Waals surface area (Å²) in [5.74, 6) is -0.198. The first-order chi connectivity index (χ1) is 9.94. The Morgan fingerprint density at radius 1 is 1.29 bits per heavy atom. The molecule has 1 aromatic heterocycles. The fraction of sp³-hybridized carbons (Fsp3) is 0.286. The van der Waals surface area contributed by atoms with Gasteiger partial charge in [-0.3, -0.25) is 4.79 Å². The minimum atomic E-state index is -3.06. The molecule has 6 nitrogen and oxygen atoms in total. The number of aromatic nitrogens is 2. The predicted molar refractivity (Wildman–Crippen MR) is 79.6 cm³/mol. The zero-order valence-electron chi connectivity index (χ0n) is 11.7. The van der Waals surface area contributed by atoms with E-state index in [1.807, 2.05) is 10.8 Å². The summed E-state index contributed by atoms with van der Waals surface area (Å²) in [7, 11) is -3.06. The summed E-state index contributed by atoms with van der Waals surface area (Å²) < 4.78 is 24.2. The first-order valence-electron chi connectivity index (χ1n) is 6.45. The molecule has 0 bridgehead atoms. The topological polar surface area (TPSA) is 81.1 Å². The molecule has 0 saturated carbocycles. The van der Waals surface area contributed by atoms with Crippen molar-refractivity contribution in [2.45, 2.75) is 12.3 Å². The van der Waals surface area contributed by atoms with Gasteiger partial charge >= 0.3 is 0 Å². The van der Waals surface area contributed by atoms with E-state index in [9.17, 15) is 13.2 Å². The lowest BCUT2D eigenvalue weighted by atomic mass is 10.1. The van der Waals surface area contributed by atoms with E-state index in [1.54, 1.807) is 36.8 Å². The molecule has 1 N–H and O–H groups in total. The molecule has 1 heterocycles. The first-order valence-corrected chi connectivity index (χ1v) is 8.51. The zero-order chi connectivity index (χ0) is 15.3. The molecule has 0 aliphatic carbocycles. The second-order valence-corrected chi connectivity index (χ2v) is 6.96. The van der Waals surface area contributed by atoms with Crippen LogP contribution >= 0.6 is 0 Å². The lowest BCUT2D eigenvalue weighted by Crippen LogP contribution is -2.26. The summed E-state index contributed by atoms with van der Waals surface area (Å²) in [5.41, 5.74) is 1.19. The van der Waals surface area contributed by atoms with Gasteiger partial charge in [0.2, 0.25) is 0 Å². The van der Waals surface area contributed by atoms with Crippen LogP contribution in [0.25, 0.3) is 0 Å². The number of rotatable bonds is 6. The molecule has 1 aromatic carbocycles. The van der Waals surface area contributed by atoms with Gasteiger partial charge in [-0.05, 0) is 17.7 Å². The van der Waals surface area contributed by atoms with Gasteiger partial charge in [-0.1, -0.05) is 12.1 Å². The number of nitrogens with one attached hydrogen (secondary N) is 1. The largest absolute Gasteiger partial charge is 0.350 e. The summed E-state index contributed by atoms with van der Waals surface area (Å²) in [6.07, 6.45) is 6.38. The van der Waals surface area contributed by atoms with Crippen LogP contribution in [0.2, 0.25) is 0 Å². The van der Waals surface area contributed by atoms with Crippen molar-refractivity contribution in [1.82, 2.24) is 14.9 Å². The second kappa shape index (κ2) is 6.53. The van der Waals surface area contributed by atoms with Gasteiger partial charge in [0.05, 0.1) is 12.1 Å². The van der Waals surface area contributed by atoms with Gasteiger partial charge in [0, 0.05) is 37.3 Å². The van der Waals surface area contributed by atoms with Crippen LogP contribution in [-0.2, 0) is 22.1 Å². The minimum absolute atomic E-state index is 0.0183. The van der Waals surface area contributed by atoms with Crippen LogP contribution in [0, 0.1) is 0 Å². The molecule has 2 rings (SSSR count). The standard InChI is InChI=1S/C14H17N3O3S/c1-21(19,20)10-12-2-4-13(5-3-12)14(18)16-7-9-17-8-6-15-11-17/h2-6,8,11H,7,9-10H2,1H3,(H,16,18). The number of nitrogens with zero attached hydrogens (tertiary/aromatic N) is 2. The Kier molecular flexibility index (Phi) is 4.74. The molecule has 0 unspecified atom stereocenters. The average molecular weight is 307 g/mol. The van der Waals surface area contributed by atoms with E-state index in [0.717, 1.165) is 0 Å². The lowest BCUT2D eigenvalue weighted by molar-refractivity contribution is 0.0952. The maximum Gasteiger partial charge on any atom is 0.251 e. The quantitative estimate of drug-likeness (QED) is 0.858. The summed E-state index contributed by atoms with van der Waals surface area (Å²) in [6, 6.07) is 6.58. The van der Waals surface area contributed by atoms with Crippen LogP contribution in [0.4, 0.5) is 0 Å². The predicted octanol–water partition coefficient (Wildman–Crippen LogP) is 0.858. The van der Waals surface area contributed by atoms with E-state index in [0.29, 0.717) is 24.2 Å². The molecule has 0 spiro atoms. The van der Waals surface area contributed by atoms with Crippen LogP contribution in [0.15, 0.2) is 43.0 Å². The van der Waals surface area contributed by atoms with Crippen molar-refractivity contribution in [2.24, 2.45) is 0 Å². The number of amides is 1. The van der Waals surface area contributed by atoms with Gasteiger partial charge in [0.25, 0.3) is 5.91 Å². The smallest absolute Gasteiger partial charge is 0.251 e. The Hall–Kier alpha value is -2.15. The lowest BCUT2D eigenvalue weighted by Gasteiger charge is -2.06. The van der Waals surface area contributed by atoms with E-state index in [4.69, 9.17) is 0 Å². The van der Waals surface area contributed by atoms with Crippen molar-refractivity contribution in [3.63, 3.8) is 0 Å². The Balaban J connectivity index is 1.87. The normalized spacial score (nSPS) is 11.3. The van der Waals surface area contributed by atoms with Gasteiger partial charge in [-0.2, -0.15) is 0 Å². The van der Waals surface area contributed by atoms with Crippen LogP contribution in [0.1, 0.15) is 15.9 Å². The van der Waals surface area contributed by atoms with Crippen molar-refractivity contribution in [2.75, 3.05) is 12.8 Å². The summed E-state index contributed by atoms with van der Waals surface area (Å²) in [6.45, 7) is 1.15. The fourth-order valence-corrected chi connectivity index (χ4v) is 2.67. The molecule has 112 valence electrons. The molecule has 7 heteroatoms. The van der Waals surface area contributed by atoms with E-state index in [1.165, 1.54) is 6.26 Å². The van der Waals surface area contributed by atoms with Crippen LogP contribution < -0.4 is 5.32 Å². The first kappa shape index (κ1) is 15.2.